The molecule has 0 amide bonds. The Balaban J connectivity index is 1.64. The fraction of sp³-hybridized carbons (Fsp3) is 0.375. The van der Waals surface area contributed by atoms with Crippen LogP contribution in [0.4, 0.5) is 8.78 Å². The third kappa shape index (κ3) is 4.15. The summed E-state index contributed by atoms with van der Waals surface area (Å²) in [6, 6.07) is 6.39. The lowest BCUT2D eigenvalue weighted by Gasteiger charge is -2.30. The molecule has 0 aliphatic carbocycles. The topological polar surface area (TPSA) is 63.4 Å². The molecule has 8 heteroatoms. The molecular weight excluding hydrogens is 318 g/mol. The number of hydrogen-bond acceptors (Lipinski definition) is 6. The Morgan fingerprint density at radius 3 is 2.83 bits per heavy atom. The number of ether oxygens (including phenoxy) is 1. The van der Waals surface area contributed by atoms with Gasteiger partial charge in [-0.1, -0.05) is 17.3 Å². The SMILES string of the molecule is CN1CCNCC1c1noc(/C=C/c2ccc(OC(F)F)cc2)n1. The number of piperazine rings is 1. The highest BCUT2D eigenvalue weighted by Gasteiger charge is 2.24. The molecule has 1 fully saturated rings. The zero-order valence-electron chi connectivity index (χ0n) is 13.2. The summed E-state index contributed by atoms with van der Waals surface area (Å²) < 4.78 is 33.7. The van der Waals surface area contributed by atoms with E-state index >= 15 is 0 Å². The average Bonchev–Trinajstić information content (AvgIpc) is 3.03. The second kappa shape index (κ2) is 7.50. The van der Waals surface area contributed by atoms with E-state index in [-0.39, 0.29) is 11.8 Å². The smallest absolute Gasteiger partial charge is 0.387 e. The van der Waals surface area contributed by atoms with Crippen LogP contribution in [0, 0.1) is 0 Å². The molecule has 1 atom stereocenters. The van der Waals surface area contributed by atoms with E-state index in [1.165, 1.54) is 12.1 Å². The number of aromatic nitrogens is 2. The normalized spacial score (nSPS) is 19.2. The van der Waals surface area contributed by atoms with E-state index in [2.05, 4.69) is 25.1 Å². The summed E-state index contributed by atoms with van der Waals surface area (Å²) >= 11 is 0. The van der Waals surface area contributed by atoms with Crippen LogP contribution < -0.4 is 10.1 Å². The number of rotatable bonds is 5. The Morgan fingerprint density at radius 1 is 1.33 bits per heavy atom. The van der Waals surface area contributed by atoms with Crippen LogP contribution in [-0.4, -0.2) is 48.3 Å². The number of halogens is 2. The monoisotopic (exact) mass is 336 g/mol. The summed E-state index contributed by atoms with van der Waals surface area (Å²) in [6.07, 6.45) is 3.46. The molecule has 3 rings (SSSR count). The van der Waals surface area contributed by atoms with Crippen molar-refractivity contribution in [2.24, 2.45) is 0 Å². The van der Waals surface area contributed by atoms with Crippen molar-refractivity contribution in [3.05, 3.63) is 41.5 Å². The Morgan fingerprint density at radius 2 is 2.12 bits per heavy atom. The average molecular weight is 336 g/mol. The Hall–Kier alpha value is -2.32. The molecule has 0 saturated carbocycles. The van der Waals surface area contributed by atoms with Crippen molar-refractivity contribution in [3.63, 3.8) is 0 Å². The summed E-state index contributed by atoms with van der Waals surface area (Å²) in [7, 11) is 2.03. The van der Waals surface area contributed by atoms with Crippen LogP contribution in [-0.2, 0) is 0 Å². The molecule has 1 unspecified atom stereocenters. The molecule has 1 aromatic carbocycles. The van der Waals surface area contributed by atoms with Crippen LogP contribution in [0.5, 0.6) is 5.75 Å². The first-order valence-corrected chi connectivity index (χ1v) is 7.59. The van der Waals surface area contributed by atoms with Gasteiger partial charge in [0.1, 0.15) is 5.75 Å². The Bertz CT molecular complexity index is 688. The van der Waals surface area contributed by atoms with E-state index in [0.29, 0.717) is 11.7 Å². The number of nitrogens with zero attached hydrogens (tertiary/aromatic N) is 3. The fourth-order valence-electron chi connectivity index (χ4n) is 2.47. The van der Waals surface area contributed by atoms with Crippen molar-refractivity contribution in [1.82, 2.24) is 20.4 Å². The first kappa shape index (κ1) is 16.5. The van der Waals surface area contributed by atoms with E-state index in [1.54, 1.807) is 24.3 Å². The van der Waals surface area contributed by atoms with Crippen LogP contribution in [0.3, 0.4) is 0 Å². The lowest BCUT2D eigenvalue weighted by atomic mass is 10.2. The molecule has 0 bridgehead atoms. The van der Waals surface area contributed by atoms with E-state index in [9.17, 15) is 8.78 Å². The molecule has 0 spiro atoms. The molecule has 6 nitrogen and oxygen atoms in total. The lowest BCUT2D eigenvalue weighted by Crippen LogP contribution is -2.44. The zero-order valence-corrected chi connectivity index (χ0v) is 13.2. The van der Waals surface area contributed by atoms with Crippen LogP contribution in [0.1, 0.15) is 23.3 Å². The molecule has 0 radical (unpaired) electrons. The van der Waals surface area contributed by atoms with E-state index in [4.69, 9.17) is 4.52 Å². The van der Waals surface area contributed by atoms with Crippen LogP contribution >= 0.6 is 0 Å². The predicted octanol–water partition coefficient (Wildman–Crippen LogP) is 2.42. The third-order valence-corrected chi connectivity index (χ3v) is 3.79. The van der Waals surface area contributed by atoms with Gasteiger partial charge in [-0.2, -0.15) is 13.8 Å². The van der Waals surface area contributed by atoms with Crippen LogP contribution in [0.15, 0.2) is 28.8 Å². The molecule has 1 saturated heterocycles. The van der Waals surface area contributed by atoms with Gasteiger partial charge in [-0.25, -0.2) is 0 Å². The largest absolute Gasteiger partial charge is 0.435 e. The van der Waals surface area contributed by atoms with Gasteiger partial charge < -0.3 is 14.6 Å². The summed E-state index contributed by atoms with van der Waals surface area (Å²) in [4.78, 5) is 6.56. The second-order valence-corrected chi connectivity index (χ2v) is 5.47. The van der Waals surface area contributed by atoms with Gasteiger partial charge in [0, 0.05) is 25.7 Å². The molecule has 1 N–H and O–H groups in total. The van der Waals surface area contributed by atoms with Gasteiger partial charge in [0.2, 0.25) is 0 Å². The molecule has 2 heterocycles. The number of benzene rings is 1. The van der Waals surface area contributed by atoms with Gasteiger partial charge in [0.25, 0.3) is 5.89 Å². The quantitative estimate of drug-likeness (QED) is 0.905. The number of alkyl halides is 2. The van der Waals surface area contributed by atoms with Crippen molar-refractivity contribution >= 4 is 12.2 Å². The van der Waals surface area contributed by atoms with Crippen LogP contribution in [0.2, 0.25) is 0 Å². The highest BCUT2D eigenvalue weighted by Crippen LogP contribution is 2.19. The number of hydrogen-bond donors (Lipinski definition) is 1. The Kier molecular flexibility index (Phi) is 5.17. The lowest BCUT2D eigenvalue weighted by molar-refractivity contribution is -0.0498. The molecule has 1 aromatic heterocycles. The summed E-state index contributed by atoms with van der Waals surface area (Å²) in [5, 5.41) is 7.33. The summed E-state index contributed by atoms with van der Waals surface area (Å²) in [5.41, 5.74) is 0.813. The van der Waals surface area contributed by atoms with Crippen molar-refractivity contribution in [3.8, 4) is 5.75 Å². The first-order valence-electron chi connectivity index (χ1n) is 7.59. The van der Waals surface area contributed by atoms with E-state index in [0.717, 1.165) is 25.2 Å². The van der Waals surface area contributed by atoms with Crippen LogP contribution in [0.25, 0.3) is 12.2 Å². The maximum absolute atomic E-state index is 12.1. The summed E-state index contributed by atoms with van der Waals surface area (Å²) in [5.74, 6) is 1.16. The van der Waals surface area contributed by atoms with Crippen molar-refractivity contribution in [1.29, 1.82) is 0 Å². The minimum atomic E-state index is -2.82. The number of nitrogens with one attached hydrogen (secondary N) is 1. The molecule has 1 aliphatic heterocycles. The first-order chi connectivity index (χ1) is 11.6. The van der Waals surface area contributed by atoms with Crippen molar-refractivity contribution in [2.75, 3.05) is 26.7 Å². The third-order valence-electron chi connectivity index (χ3n) is 3.79. The number of likely N-dealkylation sites (N-methyl/N-ethyl adjacent to an activating group) is 1. The molecular formula is C16H18F2N4O2. The van der Waals surface area contributed by atoms with Gasteiger partial charge in [-0.05, 0) is 30.8 Å². The van der Waals surface area contributed by atoms with Gasteiger partial charge >= 0.3 is 6.61 Å². The molecule has 24 heavy (non-hydrogen) atoms. The maximum Gasteiger partial charge on any atom is 0.387 e. The van der Waals surface area contributed by atoms with E-state index in [1.807, 2.05) is 7.05 Å². The molecule has 128 valence electrons. The molecule has 1 aliphatic rings. The van der Waals surface area contributed by atoms with Gasteiger partial charge in [-0.15, -0.1) is 0 Å². The highest BCUT2D eigenvalue weighted by molar-refractivity contribution is 5.66. The predicted molar refractivity (Wildman–Crippen MR) is 84.5 cm³/mol. The molecule has 2 aromatic rings. The summed E-state index contributed by atoms with van der Waals surface area (Å²) in [6.45, 7) is -0.166. The van der Waals surface area contributed by atoms with Crippen molar-refractivity contribution in [2.45, 2.75) is 12.7 Å². The van der Waals surface area contributed by atoms with Crippen molar-refractivity contribution < 1.29 is 18.0 Å². The standard InChI is InChI=1S/C16H18F2N4O2/c1-22-9-8-19-10-13(22)15-20-14(24-21-15)7-4-11-2-5-12(6-3-11)23-16(17)18/h2-7,13,16,19H,8-10H2,1H3/b7-4+. The zero-order chi connectivity index (χ0) is 16.9. The van der Waals surface area contributed by atoms with Gasteiger partial charge in [0.15, 0.2) is 5.82 Å². The van der Waals surface area contributed by atoms with E-state index < -0.39 is 6.61 Å². The maximum atomic E-state index is 12.1. The second-order valence-electron chi connectivity index (χ2n) is 5.47. The Labute approximate surface area is 138 Å². The minimum absolute atomic E-state index is 0.0930. The highest BCUT2D eigenvalue weighted by atomic mass is 19.3. The minimum Gasteiger partial charge on any atom is -0.435 e. The van der Waals surface area contributed by atoms with Gasteiger partial charge in [0.05, 0.1) is 6.04 Å². The van der Waals surface area contributed by atoms with Gasteiger partial charge in [-0.3, -0.25) is 4.90 Å². The fourth-order valence-corrected chi connectivity index (χ4v) is 2.47.